The fourth-order valence-corrected chi connectivity index (χ4v) is 9.84. The fourth-order valence-electron chi connectivity index (χ4n) is 8.91. The molecule has 4 fully saturated rings. The fraction of sp³-hybridized carbons (Fsp3) is 0.533. The van der Waals surface area contributed by atoms with Gasteiger partial charge in [-0.05, 0) is 62.5 Å². The number of fused-ring (bicyclic) bond motifs is 1. The minimum atomic E-state index is -2.86. The van der Waals surface area contributed by atoms with Crippen LogP contribution in [-0.2, 0) is 30.4 Å². The Kier molecular flexibility index (Phi) is 12.0. The van der Waals surface area contributed by atoms with Gasteiger partial charge in [-0.3, -0.25) is 27.7 Å². The molecule has 14 heteroatoms. The van der Waals surface area contributed by atoms with Crippen LogP contribution in [0, 0.1) is 17.3 Å². The highest BCUT2D eigenvalue weighted by atomic mass is 32.2. The quantitative estimate of drug-likeness (QED) is 0.153. The molecule has 59 heavy (non-hydrogen) atoms. The lowest BCUT2D eigenvalue weighted by molar-refractivity contribution is -0.149. The number of aromatic nitrogens is 1. The van der Waals surface area contributed by atoms with E-state index in [1.807, 2.05) is 87.2 Å². The zero-order chi connectivity index (χ0) is 42.3. The minimum absolute atomic E-state index is 0.0136. The summed E-state index contributed by atoms with van der Waals surface area (Å²) < 4.78 is 38.5. The molecule has 0 spiro atoms. The number of nitrogens with zero attached hydrogens (tertiary/aromatic N) is 4. The van der Waals surface area contributed by atoms with E-state index in [2.05, 4.69) is 11.9 Å². The van der Waals surface area contributed by atoms with Crippen molar-refractivity contribution in [2.45, 2.75) is 109 Å². The summed E-state index contributed by atoms with van der Waals surface area (Å²) in [7, 11) is 1.59. The van der Waals surface area contributed by atoms with E-state index < -0.39 is 63.6 Å². The molecule has 2 aliphatic heterocycles. The lowest BCUT2D eigenvalue weighted by Crippen LogP contribution is -2.59. The van der Waals surface area contributed by atoms with Crippen molar-refractivity contribution in [3.8, 4) is 22.8 Å². The molecule has 2 saturated carbocycles. The number of methoxy groups -OCH3 is 1. The van der Waals surface area contributed by atoms with Crippen molar-refractivity contribution in [3.63, 3.8) is 0 Å². The second kappa shape index (κ2) is 16.7. The summed E-state index contributed by atoms with van der Waals surface area (Å²) in [6.45, 7) is 12.8. The molecule has 3 heterocycles. The van der Waals surface area contributed by atoms with Gasteiger partial charge in [-0.2, -0.15) is 0 Å². The van der Waals surface area contributed by atoms with E-state index in [4.69, 9.17) is 14.5 Å². The Labute approximate surface area is 349 Å². The first-order valence-corrected chi connectivity index (χ1v) is 21.9. The molecule has 13 nitrogen and oxygen atoms in total. The van der Waals surface area contributed by atoms with Gasteiger partial charge in [-0.1, -0.05) is 64.1 Å². The topological polar surface area (TPSA) is 162 Å². The van der Waals surface area contributed by atoms with E-state index in [1.165, 1.54) is 4.90 Å². The van der Waals surface area contributed by atoms with Crippen LogP contribution in [0.15, 0.2) is 67.3 Å². The number of rotatable bonds is 14. The lowest BCUT2D eigenvalue weighted by atomic mass is 9.77. The standard InChI is InChI=1S/C45H57N5O8S/c1-7-30-27-45(30,42(54)50(59(55)56)44(8-2)19-20-44)47-40(52)37-24-32(28-49(37)41(53)34(43(3,4)5)25-39(51)48-21-13-10-14-22-48)58-38-26-35(29-15-11-9-12-16-29)46-36-23-31(57-6)17-18-33(36)38/h7,9,11-12,15-18,23,26,30,32,34,37H,1,8,10,13-14,19-22,24-25,27-28H2,2-6H3,(H,47,52)(H,55,56)/p-1/t30-,32-,34-,37+,45-/m1/s1. The summed E-state index contributed by atoms with van der Waals surface area (Å²) in [4.78, 5) is 66.0. The Balaban J connectivity index is 1.23. The van der Waals surface area contributed by atoms with Gasteiger partial charge in [-0.25, -0.2) is 4.98 Å². The molecule has 7 rings (SSSR count). The monoisotopic (exact) mass is 826 g/mol. The van der Waals surface area contributed by atoms with E-state index >= 15 is 0 Å². The van der Waals surface area contributed by atoms with Gasteiger partial charge < -0.3 is 29.1 Å². The second-order valence-corrected chi connectivity index (χ2v) is 18.5. The molecule has 2 saturated heterocycles. The number of likely N-dealkylation sites (tertiary alicyclic amines) is 2. The maximum absolute atomic E-state index is 15.0. The summed E-state index contributed by atoms with van der Waals surface area (Å²) in [5.74, 6) is -1.88. The smallest absolute Gasteiger partial charge is 0.260 e. The minimum Gasteiger partial charge on any atom is -0.755 e. The summed E-state index contributed by atoms with van der Waals surface area (Å²) >= 11 is -2.86. The van der Waals surface area contributed by atoms with Gasteiger partial charge in [0.2, 0.25) is 17.7 Å². The van der Waals surface area contributed by atoms with Crippen LogP contribution in [0.3, 0.4) is 0 Å². The number of carbonyl (C=O) groups is 4. The molecule has 1 N–H and O–H groups in total. The summed E-state index contributed by atoms with van der Waals surface area (Å²) in [6.07, 6.45) is 5.56. The molecule has 0 radical (unpaired) electrons. The molecular formula is C45H56N5O8S-. The number of nitrogens with one attached hydrogen (secondary N) is 1. The number of amides is 4. The number of benzene rings is 2. The van der Waals surface area contributed by atoms with Gasteiger partial charge >= 0.3 is 0 Å². The predicted octanol–water partition coefficient (Wildman–Crippen LogP) is 5.95. The Hall–Kier alpha value is -4.82. The van der Waals surface area contributed by atoms with Gasteiger partial charge in [0, 0.05) is 54.9 Å². The Morgan fingerprint density at radius 3 is 2.39 bits per heavy atom. The summed E-state index contributed by atoms with van der Waals surface area (Å²) in [5.41, 5.74) is -0.829. The van der Waals surface area contributed by atoms with E-state index in [9.17, 15) is 27.9 Å². The average molecular weight is 827 g/mol. The molecule has 4 amide bonds. The van der Waals surface area contributed by atoms with Crippen LogP contribution < -0.4 is 14.8 Å². The molecular weight excluding hydrogens is 771 g/mol. The second-order valence-electron chi connectivity index (χ2n) is 17.7. The first kappa shape index (κ1) is 42.3. The number of pyridine rings is 1. The van der Waals surface area contributed by atoms with E-state index in [0.717, 1.165) is 29.1 Å². The number of ether oxygens (including phenoxy) is 2. The van der Waals surface area contributed by atoms with Crippen molar-refractivity contribution in [2.24, 2.45) is 17.3 Å². The first-order valence-electron chi connectivity index (χ1n) is 20.8. The third kappa shape index (κ3) is 8.48. The van der Waals surface area contributed by atoms with Crippen molar-refractivity contribution >= 4 is 45.8 Å². The van der Waals surface area contributed by atoms with Crippen LogP contribution in [0.25, 0.3) is 22.2 Å². The number of piperidine rings is 1. The molecule has 6 atom stereocenters. The summed E-state index contributed by atoms with van der Waals surface area (Å²) in [6, 6.07) is 15.9. The van der Waals surface area contributed by atoms with Gasteiger partial charge in [0.05, 0.1) is 47.6 Å². The zero-order valence-electron chi connectivity index (χ0n) is 34.7. The Morgan fingerprint density at radius 1 is 1.08 bits per heavy atom. The maximum atomic E-state index is 15.0. The van der Waals surface area contributed by atoms with Crippen LogP contribution in [-0.4, -0.2) is 101 Å². The predicted molar refractivity (Wildman–Crippen MR) is 223 cm³/mol. The van der Waals surface area contributed by atoms with E-state index in [-0.39, 0.29) is 37.6 Å². The number of hydrogen-bond acceptors (Lipinski definition) is 9. The maximum Gasteiger partial charge on any atom is 0.260 e. The molecule has 1 aromatic heterocycles. The zero-order valence-corrected chi connectivity index (χ0v) is 35.6. The molecule has 2 aliphatic carbocycles. The molecule has 4 aliphatic rings. The van der Waals surface area contributed by atoms with Gasteiger partial charge in [0.1, 0.15) is 29.2 Å². The molecule has 1 unspecified atom stereocenters. The molecule has 2 aromatic carbocycles. The lowest BCUT2D eigenvalue weighted by Gasteiger charge is -2.38. The Morgan fingerprint density at radius 2 is 1.80 bits per heavy atom. The van der Waals surface area contributed by atoms with Crippen molar-refractivity contribution in [1.82, 2.24) is 24.4 Å². The van der Waals surface area contributed by atoms with Crippen molar-refractivity contribution < 1.29 is 37.4 Å². The van der Waals surface area contributed by atoms with E-state index in [0.29, 0.717) is 60.4 Å². The summed E-state index contributed by atoms with van der Waals surface area (Å²) in [5, 5.41) is 3.67. The van der Waals surface area contributed by atoms with Crippen molar-refractivity contribution in [1.29, 1.82) is 0 Å². The highest BCUT2D eigenvalue weighted by Gasteiger charge is 2.65. The van der Waals surface area contributed by atoms with Crippen LogP contribution in [0.5, 0.6) is 11.5 Å². The number of hydrogen-bond donors (Lipinski definition) is 1. The highest BCUT2D eigenvalue weighted by Crippen LogP contribution is 2.52. The SMILES string of the molecule is C=C[C@@H]1C[C@]1(NC(=O)[C@@H]1C[C@@H](Oc2cc(-c3ccccc3)nc3cc(OC)ccc23)CN1C(=O)[C@@H](CC(=O)N1CCCCC1)C(C)(C)C)C(=O)N(S(=O)[O-])C1(CC)CC1. The van der Waals surface area contributed by atoms with Crippen LogP contribution in [0.2, 0.25) is 0 Å². The Bertz CT molecular complexity index is 2130. The normalized spacial score (nSPS) is 24.5. The third-order valence-corrected chi connectivity index (χ3v) is 13.7. The van der Waals surface area contributed by atoms with Crippen LogP contribution in [0.4, 0.5) is 0 Å². The largest absolute Gasteiger partial charge is 0.755 e. The van der Waals surface area contributed by atoms with Crippen molar-refractivity contribution in [2.75, 3.05) is 26.7 Å². The van der Waals surface area contributed by atoms with Crippen LogP contribution in [0.1, 0.15) is 85.5 Å². The van der Waals surface area contributed by atoms with Gasteiger partial charge in [-0.15, -0.1) is 6.58 Å². The number of carbonyl (C=O) groups excluding carboxylic acids is 4. The molecule has 0 bridgehead atoms. The van der Waals surface area contributed by atoms with Crippen molar-refractivity contribution in [3.05, 3.63) is 67.3 Å². The highest BCUT2D eigenvalue weighted by molar-refractivity contribution is 7.77. The first-order chi connectivity index (χ1) is 28.1. The third-order valence-electron chi connectivity index (χ3n) is 12.9. The average Bonchev–Trinajstić information content (AvgIpc) is 4.13. The molecule has 3 aromatic rings. The molecule has 316 valence electrons. The van der Waals surface area contributed by atoms with Gasteiger partial charge in [0.25, 0.3) is 5.91 Å². The van der Waals surface area contributed by atoms with E-state index in [1.54, 1.807) is 13.2 Å². The van der Waals surface area contributed by atoms with Crippen LogP contribution >= 0.6 is 0 Å². The van der Waals surface area contributed by atoms with Gasteiger partial charge in [0.15, 0.2) is 0 Å².